The molecule has 3 aromatic heterocycles. The summed E-state index contributed by atoms with van der Waals surface area (Å²) < 4.78 is 0. The number of aliphatic carboxylic acids is 2. The number of amides is 7. The highest BCUT2D eigenvalue weighted by atomic mass is 16.4. The number of nitrogens with two attached hydrogens (primary N) is 1. The molecular weight excluding hydrogens is 987 g/mol. The number of carboxylic acid groups (broad SMARTS) is 2. The summed E-state index contributed by atoms with van der Waals surface area (Å²) in [6.45, 7) is 6.77. The third kappa shape index (κ3) is 18.0. The normalized spacial score (nSPS) is 14.0. The van der Waals surface area contributed by atoms with Gasteiger partial charge in [-0.05, 0) is 30.0 Å². The number of nitrogens with zero attached hydrogens (tertiary/aromatic N) is 2. The van der Waals surface area contributed by atoms with Crippen LogP contribution in [0.1, 0.15) is 75.9 Å². The van der Waals surface area contributed by atoms with Crippen molar-refractivity contribution in [2.45, 2.75) is 127 Å². The Kier molecular flexibility index (Phi) is 21.5. The predicted molar refractivity (Wildman–Crippen MR) is 273 cm³/mol. The van der Waals surface area contributed by atoms with Gasteiger partial charge in [0.2, 0.25) is 41.4 Å². The van der Waals surface area contributed by atoms with E-state index in [9.17, 15) is 58.2 Å². The molecule has 25 heteroatoms. The van der Waals surface area contributed by atoms with Crippen LogP contribution in [-0.2, 0) is 73.6 Å². The minimum Gasteiger partial charge on any atom is -0.481 e. The van der Waals surface area contributed by atoms with Crippen LogP contribution in [-0.4, -0.2) is 143 Å². The summed E-state index contributed by atoms with van der Waals surface area (Å²) in [5.41, 5.74) is 8.22. The van der Waals surface area contributed by atoms with E-state index in [1.165, 1.54) is 25.0 Å². The third-order valence-electron chi connectivity index (χ3n) is 12.0. The van der Waals surface area contributed by atoms with Crippen molar-refractivity contribution in [2.24, 2.45) is 11.7 Å². The van der Waals surface area contributed by atoms with Crippen LogP contribution in [0.3, 0.4) is 0 Å². The van der Waals surface area contributed by atoms with Crippen molar-refractivity contribution in [3.05, 3.63) is 108 Å². The fraction of sp³-hybridized carbons (Fsp3) is 0.412. The number of imidazole rings is 2. The zero-order chi connectivity index (χ0) is 55.5. The first-order valence-corrected chi connectivity index (χ1v) is 24.5. The summed E-state index contributed by atoms with van der Waals surface area (Å²) in [6.07, 6.45) is 3.93. The maximum absolute atomic E-state index is 14.7. The number of carbonyl (C=O) groups is 10. The Bertz CT molecular complexity index is 2800. The van der Waals surface area contributed by atoms with E-state index >= 15 is 0 Å². The third-order valence-corrected chi connectivity index (χ3v) is 12.0. The molecule has 406 valence electrons. The molecule has 7 amide bonds. The van der Waals surface area contributed by atoms with Gasteiger partial charge in [0.25, 0.3) is 0 Å². The SMILES string of the molecule is CC(C)N[C@@H](Cc1ccccc1)C(=O)N[C@@H](CC(=O)O)C(=O)N[C@@H](Cc1c[nH]c2ccccc12)C(=O)N[C@@H](Cc1cnc[nH]1)C(=O)N[C@@H](CC(N)=O)C(=O)N[C@@H](Cc1cnc[nH]1)C(=O)N[C@@H](CCC(=O)O)C(=O)C(C)C. The second-order valence-electron chi connectivity index (χ2n) is 18.8. The number of nitrogens with one attached hydrogen (secondary N) is 10. The Balaban J connectivity index is 1.43. The quantitative estimate of drug-likeness (QED) is 0.0269. The Labute approximate surface area is 436 Å². The van der Waals surface area contributed by atoms with Crippen LogP contribution in [0.5, 0.6) is 0 Å². The first-order valence-electron chi connectivity index (χ1n) is 24.5. The van der Waals surface area contributed by atoms with E-state index in [4.69, 9.17) is 5.73 Å². The van der Waals surface area contributed by atoms with Gasteiger partial charge in [0, 0.05) is 78.5 Å². The lowest BCUT2D eigenvalue weighted by atomic mass is 9.97. The highest BCUT2D eigenvalue weighted by molar-refractivity contribution is 5.99. The molecule has 3 heterocycles. The number of H-pyrrole nitrogens is 3. The molecule has 76 heavy (non-hydrogen) atoms. The summed E-state index contributed by atoms with van der Waals surface area (Å²) in [4.78, 5) is 151. The minimum absolute atomic E-state index is 0.192. The van der Waals surface area contributed by atoms with E-state index in [1.807, 2.05) is 32.0 Å². The van der Waals surface area contributed by atoms with Crippen molar-refractivity contribution in [1.82, 2.24) is 62.1 Å². The van der Waals surface area contributed by atoms with E-state index in [0.717, 1.165) is 5.56 Å². The number of fused-ring (bicyclic) bond motifs is 1. The van der Waals surface area contributed by atoms with E-state index in [-0.39, 0.29) is 38.1 Å². The Morgan fingerprint density at radius 3 is 1.50 bits per heavy atom. The molecule has 0 aliphatic rings. The molecule has 0 aliphatic heterocycles. The number of benzene rings is 2. The van der Waals surface area contributed by atoms with Gasteiger partial charge in [-0.3, -0.25) is 47.9 Å². The van der Waals surface area contributed by atoms with Gasteiger partial charge in [-0.15, -0.1) is 0 Å². The molecule has 5 aromatic rings. The summed E-state index contributed by atoms with van der Waals surface area (Å²) >= 11 is 0. The van der Waals surface area contributed by atoms with Gasteiger partial charge in [0.05, 0.1) is 37.6 Å². The fourth-order valence-electron chi connectivity index (χ4n) is 8.24. The first kappa shape index (κ1) is 58.2. The number of Topliss-reactive ketones (excluding diaryl/α,β-unsaturated/α-hetero) is 1. The van der Waals surface area contributed by atoms with Crippen LogP contribution in [0.2, 0.25) is 0 Å². The number of para-hydroxylation sites is 1. The number of carbonyl (C=O) groups excluding carboxylic acids is 8. The summed E-state index contributed by atoms with van der Waals surface area (Å²) in [5.74, 6) is -10.5. The second kappa shape index (κ2) is 28.1. The number of aromatic nitrogens is 5. The highest BCUT2D eigenvalue weighted by Crippen LogP contribution is 2.20. The molecule has 0 spiro atoms. The molecule has 7 atom stereocenters. The average Bonchev–Trinajstić information content (AvgIpc) is 4.17. The topological polar surface area (TPSA) is 395 Å². The molecule has 0 saturated carbocycles. The van der Waals surface area contributed by atoms with Gasteiger partial charge in [0.1, 0.15) is 30.2 Å². The largest absolute Gasteiger partial charge is 0.481 e. The standard InChI is InChI=1S/C51H65N13O12/c1-27(2)45(70)35(14-15-43(66)67)59-48(73)38(18-31-23-53-25-56-31)62-50(75)40(20-42(52)65)63-49(74)39(19-32-24-54-26-57-32)61-47(72)37(17-30-22-55-34-13-9-8-12-33(30)34)60-51(76)41(21-44(68)69)64-46(71)36(58-28(3)4)16-29-10-6-5-7-11-29/h5-13,22-28,35-41,55,58H,14-21H2,1-4H3,(H2,52,65)(H,53,56)(H,54,57)(H,59,73)(H,60,76)(H,61,72)(H,62,75)(H,63,74)(H,64,71)(H,66,67)(H,68,69)/t35-,36-,37-,38-,39-,40-,41-/m0/s1. The molecule has 0 radical (unpaired) electrons. The van der Waals surface area contributed by atoms with E-state index in [2.05, 4.69) is 62.1 Å². The average molecular weight is 1050 g/mol. The summed E-state index contributed by atoms with van der Waals surface area (Å²) in [5, 5.41) is 38.3. The molecule has 5 rings (SSSR count). The molecular formula is C51H65N13O12. The minimum atomic E-state index is -1.79. The maximum Gasteiger partial charge on any atom is 0.305 e. The molecule has 0 aliphatic carbocycles. The number of hydrogen-bond donors (Lipinski definition) is 13. The van der Waals surface area contributed by atoms with Gasteiger partial charge in [0.15, 0.2) is 5.78 Å². The number of hydrogen-bond acceptors (Lipinski definition) is 13. The van der Waals surface area contributed by atoms with Gasteiger partial charge < -0.3 is 68.1 Å². The van der Waals surface area contributed by atoms with Crippen molar-refractivity contribution in [3.63, 3.8) is 0 Å². The number of carboxylic acids is 2. The van der Waals surface area contributed by atoms with E-state index in [0.29, 0.717) is 27.9 Å². The molecule has 0 fully saturated rings. The maximum atomic E-state index is 14.7. The van der Waals surface area contributed by atoms with Gasteiger partial charge in [-0.1, -0.05) is 76.2 Å². The van der Waals surface area contributed by atoms with Crippen LogP contribution < -0.4 is 43.0 Å². The summed E-state index contributed by atoms with van der Waals surface area (Å²) in [7, 11) is 0. The molecule has 0 unspecified atom stereocenters. The smallest absolute Gasteiger partial charge is 0.305 e. The van der Waals surface area contributed by atoms with Crippen LogP contribution >= 0.6 is 0 Å². The zero-order valence-corrected chi connectivity index (χ0v) is 42.4. The van der Waals surface area contributed by atoms with Crippen molar-refractivity contribution in [2.75, 3.05) is 0 Å². The molecule has 0 bridgehead atoms. The number of primary amides is 1. The second-order valence-corrected chi connectivity index (χ2v) is 18.8. The van der Waals surface area contributed by atoms with Crippen LogP contribution in [0, 0.1) is 5.92 Å². The molecule has 14 N–H and O–H groups in total. The lowest BCUT2D eigenvalue weighted by molar-refractivity contribution is -0.141. The Morgan fingerprint density at radius 2 is 1.01 bits per heavy atom. The Morgan fingerprint density at radius 1 is 0.539 bits per heavy atom. The number of ketones is 1. The van der Waals surface area contributed by atoms with Gasteiger partial charge >= 0.3 is 11.9 Å². The predicted octanol–water partition coefficient (Wildman–Crippen LogP) is -0.400. The van der Waals surface area contributed by atoms with Crippen molar-refractivity contribution < 1.29 is 58.2 Å². The van der Waals surface area contributed by atoms with Crippen LogP contribution in [0.4, 0.5) is 0 Å². The van der Waals surface area contributed by atoms with Gasteiger partial charge in [-0.2, -0.15) is 0 Å². The molecule has 25 nitrogen and oxygen atoms in total. The van der Waals surface area contributed by atoms with Crippen LogP contribution in [0.25, 0.3) is 10.9 Å². The van der Waals surface area contributed by atoms with Crippen molar-refractivity contribution >= 4 is 70.0 Å². The number of aromatic amines is 3. The van der Waals surface area contributed by atoms with Gasteiger partial charge in [-0.25, -0.2) is 9.97 Å². The molecule has 2 aromatic carbocycles. The summed E-state index contributed by atoms with van der Waals surface area (Å²) in [6, 6.07) is 5.62. The lowest BCUT2D eigenvalue weighted by Gasteiger charge is -2.28. The van der Waals surface area contributed by atoms with Crippen molar-refractivity contribution in [3.8, 4) is 0 Å². The van der Waals surface area contributed by atoms with Crippen LogP contribution in [0.15, 0.2) is 85.8 Å². The fourth-order valence-corrected chi connectivity index (χ4v) is 8.24. The van der Waals surface area contributed by atoms with Crippen molar-refractivity contribution in [1.29, 1.82) is 0 Å². The lowest BCUT2D eigenvalue weighted by Crippen LogP contribution is -2.61. The Hall–Kier alpha value is -8.74. The molecule has 0 saturated heterocycles. The first-order chi connectivity index (χ1) is 36.2. The monoisotopic (exact) mass is 1050 g/mol. The van der Waals surface area contributed by atoms with E-state index in [1.54, 1.807) is 56.4 Å². The highest BCUT2D eigenvalue weighted by Gasteiger charge is 2.36. The van der Waals surface area contributed by atoms with E-state index < -0.39 is 127 Å². The number of rotatable bonds is 31. The zero-order valence-electron chi connectivity index (χ0n) is 42.4.